The second-order valence-electron chi connectivity index (χ2n) is 4.86. The van der Waals surface area contributed by atoms with E-state index in [2.05, 4.69) is 0 Å². The van der Waals surface area contributed by atoms with Crippen LogP contribution >= 0.6 is 0 Å². The van der Waals surface area contributed by atoms with E-state index >= 15 is 0 Å². The van der Waals surface area contributed by atoms with Crippen molar-refractivity contribution in [1.82, 2.24) is 4.90 Å². The number of carbonyl (C=O) groups is 2. The van der Waals surface area contributed by atoms with Crippen LogP contribution in [0.25, 0.3) is 0 Å². The number of urea groups is 1. The van der Waals surface area contributed by atoms with Gasteiger partial charge in [0.25, 0.3) is 5.91 Å². The Hall–Kier alpha value is -1.84. The molecule has 0 saturated carbocycles. The molecule has 0 N–H and O–H groups in total. The summed E-state index contributed by atoms with van der Waals surface area (Å²) in [5.74, 6) is -0.102. The molecule has 1 unspecified atom stereocenters. The maximum absolute atomic E-state index is 12.5. The summed E-state index contributed by atoms with van der Waals surface area (Å²) in [5.41, 5.74) is 1.65. The number of hydrogen-bond donors (Lipinski definition) is 0. The van der Waals surface area contributed by atoms with Gasteiger partial charge in [-0.3, -0.25) is 4.79 Å². The number of nitrogens with zero attached hydrogens (tertiary/aromatic N) is 2. The molecule has 1 fully saturated rings. The molecule has 4 nitrogen and oxygen atoms in total. The van der Waals surface area contributed by atoms with Gasteiger partial charge in [0.1, 0.15) is 6.04 Å². The summed E-state index contributed by atoms with van der Waals surface area (Å²) >= 11 is 0. The number of para-hydroxylation sites is 1. The molecule has 0 bridgehead atoms. The normalized spacial score (nSPS) is 19.4. The summed E-state index contributed by atoms with van der Waals surface area (Å²) in [7, 11) is 0. The monoisotopic (exact) mass is 260 g/mol. The second kappa shape index (κ2) is 5.43. The van der Waals surface area contributed by atoms with Crippen LogP contribution in [0.4, 0.5) is 10.5 Å². The van der Waals surface area contributed by atoms with Crippen LogP contribution in [0.1, 0.15) is 32.3 Å². The maximum Gasteiger partial charge on any atom is 0.332 e. The fraction of sp³-hybridized carbons (Fsp3) is 0.467. The van der Waals surface area contributed by atoms with E-state index in [1.165, 1.54) is 4.90 Å². The van der Waals surface area contributed by atoms with E-state index < -0.39 is 0 Å². The molecule has 0 aromatic heterocycles. The molecule has 0 radical (unpaired) electrons. The number of rotatable bonds is 4. The van der Waals surface area contributed by atoms with E-state index in [9.17, 15) is 9.59 Å². The highest BCUT2D eigenvalue weighted by Crippen LogP contribution is 2.28. The average Bonchev–Trinajstić information content (AvgIpc) is 2.63. The van der Waals surface area contributed by atoms with Gasteiger partial charge in [0, 0.05) is 6.54 Å². The lowest BCUT2D eigenvalue weighted by Gasteiger charge is -2.20. The maximum atomic E-state index is 12.5. The van der Waals surface area contributed by atoms with Crippen LogP contribution < -0.4 is 4.90 Å². The highest BCUT2D eigenvalue weighted by atomic mass is 16.2. The zero-order chi connectivity index (χ0) is 14.0. The molecule has 1 heterocycles. The van der Waals surface area contributed by atoms with E-state index in [-0.39, 0.29) is 18.0 Å². The van der Waals surface area contributed by atoms with Crippen LogP contribution in [-0.2, 0) is 4.79 Å². The molecule has 1 aromatic carbocycles. The van der Waals surface area contributed by atoms with Gasteiger partial charge in [-0.05, 0) is 31.4 Å². The molecular formula is C15H20N2O2. The summed E-state index contributed by atoms with van der Waals surface area (Å²) in [6.07, 6.45) is 1.52. The van der Waals surface area contributed by atoms with Gasteiger partial charge >= 0.3 is 6.03 Å². The third kappa shape index (κ3) is 2.23. The number of carbonyl (C=O) groups excluding carboxylic acids is 2. The third-order valence-corrected chi connectivity index (χ3v) is 3.53. The van der Waals surface area contributed by atoms with E-state index in [0.29, 0.717) is 18.7 Å². The topological polar surface area (TPSA) is 40.6 Å². The summed E-state index contributed by atoms with van der Waals surface area (Å²) < 4.78 is 0. The van der Waals surface area contributed by atoms with Crippen molar-refractivity contribution in [3.05, 3.63) is 29.8 Å². The number of aryl methyl sites for hydroxylation is 1. The minimum atomic E-state index is -0.313. The lowest BCUT2D eigenvalue weighted by molar-refractivity contribution is -0.119. The van der Waals surface area contributed by atoms with Crippen LogP contribution in [0, 0.1) is 6.92 Å². The molecule has 3 amide bonds. The van der Waals surface area contributed by atoms with Gasteiger partial charge in [-0.15, -0.1) is 0 Å². The minimum absolute atomic E-state index is 0.102. The summed E-state index contributed by atoms with van der Waals surface area (Å²) in [5, 5.41) is 0. The van der Waals surface area contributed by atoms with Crippen LogP contribution in [0.5, 0.6) is 0 Å². The van der Waals surface area contributed by atoms with Crippen molar-refractivity contribution >= 4 is 17.6 Å². The van der Waals surface area contributed by atoms with Crippen molar-refractivity contribution in [2.75, 3.05) is 11.4 Å². The van der Waals surface area contributed by atoms with Gasteiger partial charge < -0.3 is 4.90 Å². The quantitative estimate of drug-likeness (QED) is 0.781. The predicted octanol–water partition coefficient (Wildman–Crippen LogP) is 2.95. The Kier molecular flexibility index (Phi) is 3.88. The summed E-state index contributed by atoms with van der Waals surface area (Å²) in [6.45, 7) is 6.51. The van der Waals surface area contributed by atoms with Crippen molar-refractivity contribution in [2.45, 2.75) is 39.7 Å². The smallest absolute Gasteiger partial charge is 0.312 e. The first-order valence-electron chi connectivity index (χ1n) is 6.82. The van der Waals surface area contributed by atoms with Gasteiger partial charge in [0.05, 0.1) is 5.69 Å². The summed E-state index contributed by atoms with van der Waals surface area (Å²) in [4.78, 5) is 27.9. The number of anilines is 1. The van der Waals surface area contributed by atoms with Crippen LogP contribution in [0.3, 0.4) is 0 Å². The van der Waals surface area contributed by atoms with Crippen molar-refractivity contribution in [2.24, 2.45) is 0 Å². The van der Waals surface area contributed by atoms with Crippen molar-refractivity contribution in [1.29, 1.82) is 0 Å². The molecule has 2 rings (SSSR count). The highest BCUT2D eigenvalue weighted by molar-refractivity contribution is 6.21. The largest absolute Gasteiger partial charge is 0.332 e. The first-order chi connectivity index (χ1) is 9.11. The number of amides is 3. The Labute approximate surface area is 114 Å². The zero-order valence-electron chi connectivity index (χ0n) is 11.7. The van der Waals surface area contributed by atoms with Crippen LogP contribution in [0.15, 0.2) is 24.3 Å². The Morgan fingerprint density at radius 3 is 2.42 bits per heavy atom. The van der Waals surface area contributed by atoms with Gasteiger partial charge in [0.15, 0.2) is 0 Å². The molecule has 1 atom stereocenters. The SMILES string of the molecule is CCCN1C(=O)N(c2ccccc2C)C(=O)C1CC. The van der Waals surface area contributed by atoms with E-state index in [1.807, 2.05) is 45.0 Å². The Bertz CT molecular complexity index is 499. The van der Waals surface area contributed by atoms with Gasteiger partial charge in [-0.1, -0.05) is 32.0 Å². The minimum Gasteiger partial charge on any atom is -0.312 e. The molecule has 102 valence electrons. The highest BCUT2D eigenvalue weighted by Gasteiger charge is 2.44. The first-order valence-corrected chi connectivity index (χ1v) is 6.82. The van der Waals surface area contributed by atoms with Gasteiger partial charge in [-0.2, -0.15) is 0 Å². The second-order valence-corrected chi connectivity index (χ2v) is 4.86. The molecule has 1 aliphatic heterocycles. The van der Waals surface area contributed by atoms with Crippen molar-refractivity contribution in [3.63, 3.8) is 0 Å². The molecule has 1 aromatic rings. The molecule has 0 spiro atoms. The molecular weight excluding hydrogens is 240 g/mol. The van der Waals surface area contributed by atoms with E-state index in [1.54, 1.807) is 4.90 Å². The lowest BCUT2D eigenvalue weighted by Crippen LogP contribution is -2.35. The Balaban J connectivity index is 2.39. The molecule has 1 saturated heterocycles. The standard InChI is InChI=1S/C15H20N2O2/c1-4-10-16-12(5-2)14(18)17(15(16)19)13-9-7-6-8-11(13)3/h6-9,12H,4-5,10H2,1-3H3. The number of benzene rings is 1. The van der Waals surface area contributed by atoms with Crippen molar-refractivity contribution in [3.8, 4) is 0 Å². The Morgan fingerprint density at radius 2 is 1.84 bits per heavy atom. The summed E-state index contributed by atoms with van der Waals surface area (Å²) in [6, 6.07) is 7.00. The first kappa shape index (κ1) is 13.6. The number of imide groups is 1. The van der Waals surface area contributed by atoms with E-state index in [4.69, 9.17) is 0 Å². The van der Waals surface area contributed by atoms with Gasteiger partial charge in [0.2, 0.25) is 0 Å². The lowest BCUT2D eigenvalue weighted by atomic mass is 10.1. The molecule has 4 heteroatoms. The predicted molar refractivity (Wildman–Crippen MR) is 75.1 cm³/mol. The average molecular weight is 260 g/mol. The molecule has 19 heavy (non-hydrogen) atoms. The molecule has 0 aliphatic carbocycles. The fourth-order valence-electron chi connectivity index (χ4n) is 2.56. The van der Waals surface area contributed by atoms with Gasteiger partial charge in [-0.25, -0.2) is 9.69 Å². The Morgan fingerprint density at radius 1 is 1.16 bits per heavy atom. The van der Waals surface area contributed by atoms with Crippen LogP contribution in [-0.4, -0.2) is 29.4 Å². The van der Waals surface area contributed by atoms with E-state index in [0.717, 1.165) is 12.0 Å². The number of hydrogen-bond acceptors (Lipinski definition) is 2. The third-order valence-electron chi connectivity index (χ3n) is 3.53. The zero-order valence-corrected chi connectivity index (χ0v) is 11.7. The fourth-order valence-corrected chi connectivity index (χ4v) is 2.56. The van der Waals surface area contributed by atoms with Crippen LogP contribution in [0.2, 0.25) is 0 Å². The molecule has 1 aliphatic rings. The van der Waals surface area contributed by atoms with Crippen molar-refractivity contribution < 1.29 is 9.59 Å².